The Kier molecular flexibility index (Phi) is 5.53. The average molecular weight is 276 g/mol. The summed E-state index contributed by atoms with van der Waals surface area (Å²) in [6.07, 6.45) is 8.36. The zero-order chi connectivity index (χ0) is 14.4. The number of nitrogens with one attached hydrogen (secondary N) is 1. The number of amides is 1. The van der Waals surface area contributed by atoms with Crippen LogP contribution in [-0.2, 0) is 0 Å². The molecule has 2 N–H and O–H groups in total. The fourth-order valence-corrected chi connectivity index (χ4v) is 3.04. The lowest BCUT2D eigenvalue weighted by molar-refractivity contribution is 0.0899. The second kappa shape index (κ2) is 7.39. The molecule has 1 atom stereocenters. The Balaban J connectivity index is 2.01. The topological polar surface area (TPSA) is 62.2 Å². The van der Waals surface area contributed by atoms with Gasteiger partial charge in [0, 0.05) is 30.1 Å². The van der Waals surface area contributed by atoms with Crippen molar-refractivity contribution < 1.29 is 9.90 Å². The number of carbonyl (C=O) groups is 1. The zero-order valence-corrected chi connectivity index (χ0v) is 12.1. The maximum Gasteiger partial charge on any atom is 0.251 e. The van der Waals surface area contributed by atoms with Crippen LogP contribution in [0.3, 0.4) is 0 Å². The highest BCUT2D eigenvalue weighted by Crippen LogP contribution is 2.27. The molecule has 1 unspecified atom stereocenters. The van der Waals surface area contributed by atoms with Gasteiger partial charge in [0.25, 0.3) is 5.91 Å². The molecule has 0 radical (unpaired) electrons. The van der Waals surface area contributed by atoms with Gasteiger partial charge >= 0.3 is 0 Å². The third kappa shape index (κ3) is 4.04. The van der Waals surface area contributed by atoms with Gasteiger partial charge in [-0.15, -0.1) is 0 Å². The van der Waals surface area contributed by atoms with Crippen molar-refractivity contribution in [2.45, 2.75) is 51.5 Å². The Morgan fingerprint density at radius 1 is 1.45 bits per heavy atom. The molecule has 0 spiro atoms. The van der Waals surface area contributed by atoms with Crippen LogP contribution in [-0.4, -0.2) is 28.6 Å². The van der Waals surface area contributed by atoms with Gasteiger partial charge in [-0.3, -0.25) is 9.78 Å². The summed E-state index contributed by atoms with van der Waals surface area (Å²) in [4.78, 5) is 16.4. The minimum atomic E-state index is -0.0560. The lowest BCUT2D eigenvalue weighted by Crippen LogP contribution is -2.41. The van der Waals surface area contributed by atoms with E-state index < -0.39 is 0 Å². The number of pyridine rings is 1. The van der Waals surface area contributed by atoms with Crippen LogP contribution in [0.4, 0.5) is 0 Å². The van der Waals surface area contributed by atoms with E-state index in [2.05, 4.69) is 10.3 Å². The van der Waals surface area contributed by atoms with Gasteiger partial charge < -0.3 is 10.4 Å². The summed E-state index contributed by atoms with van der Waals surface area (Å²) in [5.74, 6) is 0.447. The number of carbonyl (C=O) groups excluding carboxylic acids is 1. The van der Waals surface area contributed by atoms with Gasteiger partial charge in [0.2, 0.25) is 0 Å². The molecule has 0 aromatic carbocycles. The smallest absolute Gasteiger partial charge is 0.251 e. The number of rotatable bonds is 5. The molecule has 20 heavy (non-hydrogen) atoms. The molecule has 0 saturated heterocycles. The summed E-state index contributed by atoms with van der Waals surface area (Å²) in [7, 11) is 0. The first-order valence-corrected chi connectivity index (χ1v) is 7.55. The SMILES string of the molecule is Cc1cc(C(=O)NC(CCO)C2CCCCC2)ccn1. The molecule has 2 rings (SSSR count). The molecule has 1 aromatic rings. The van der Waals surface area contributed by atoms with E-state index in [-0.39, 0.29) is 18.6 Å². The Labute approximate surface area is 120 Å². The summed E-state index contributed by atoms with van der Waals surface area (Å²) in [5.41, 5.74) is 1.49. The number of aliphatic hydroxyl groups is 1. The first kappa shape index (κ1) is 15.0. The van der Waals surface area contributed by atoms with Crippen molar-refractivity contribution >= 4 is 5.91 Å². The number of aryl methyl sites for hydroxylation is 1. The highest BCUT2D eigenvalue weighted by molar-refractivity contribution is 5.94. The van der Waals surface area contributed by atoms with Gasteiger partial charge in [0.15, 0.2) is 0 Å². The van der Waals surface area contributed by atoms with Crippen LogP contribution < -0.4 is 5.32 Å². The summed E-state index contributed by atoms with van der Waals surface area (Å²) < 4.78 is 0. The van der Waals surface area contributed by atoms with Gasteiger partial charge in [-0.1, -0.05) is 19.3 Å². The molecule has 1 aliphatic carbocycles. The van der Waals surface area contributed by atoms with Crippen molar-refractivity contribution in [1.29, 1.82) is 0 Å². The molecular weight excluding hydrogens is 252 g/mol. The van der Waals surface area contributed by atoms with Crippen molar-refractivity contribution in [1.82, 2.24) is 10.3 Å². The lowest BCUT2D eigenvalue weighted by atomic mass is 9.82. The molecule has 0 bridgehead atoms. The minimum Gasteiger partial charge on any atom is -0.396 e. The highest BCUT2D eigenvalue weighted by atomic mass is 16.3. The van der Waals surface area contributed by atoms with Crippen molar-refractivity contribution in [3.05, 3.63) is 29.6 Å². The van der Waals surface area contributed by atoms with Crippen molar-refractivity contribution in [3.63, 3.8) is 0 Å². The third-order valence-electron chi connectivity index (χ3n) is 4.13. The normalized spacial score (nSPS) is 17.7. The molecule has 1 amide bonds. The largest absolute Gasteiger partial charge is 0.396 e. The minimum absolute atomic E-state index is 0.0560. The second-order valence-electron chi connectivity index (χ2n) is 5.68. The van der Waals surface area contributed by atoms with E-state index in [9.17, 15) is 9.90 Å². The predicted octanol–water partition coefficient (Wildman–Crippen LogP) is 2.45. The Morgan fingerprint density at radius 2 is 2.20 bits per heavy atom. The number of nitrogens with zero attached hydrogens (tertiary/aromatic N) is 1. The number of hydrogen-bond donors (Lipinski definition) is 2. The third-order valence-corrected chi connectivity index (χ3v) is 4.13. The Hall–Kier alpha value is -1.42. The Bertz CT molecular complexity index is 442. The van der Waals surface area contributed by atoms with Crippen LogP contribution in [0.15, 0.2) is 18.3 Å². The van der Waals surface area contributed by atoms with Crippen LogP contribution >= 0.6 is 0 Å². The van der Waals surface area contributed by atoms with Crippen LogP contribution in [0.1, 0.15) is 54.6 Å². The van der Waals surface area contributed by atoms with Crippen LogP contribution in [0.25, 0.3) is 0 Å². The maximum atomic E-state index is 12.3. The quantitative estimate of drug-likeness (QED) is 0.868. The fraction of sp³-hybridized carbons (Fsp3) is 0.625. The van der Waals surface area contributed by atoms with Crippen molar-refractivity contribution in [2.24, 2.45) is 5.92 Å². The van der Waals surface area contributed by atoms with Crippen LogP contribution in [0.5, 0.6) is 0 Å². The van der Waals surface area contributed by atoms with Gasteiger partial charge in [0.05, 0.1) is 0 Å². The van der Waals surface area contributed by atoms with Crippen LogP contribution in [0, 0.1) is 12.8 Å². The number of aliphatic hydroxyl groups excluding tert-OH is 1. The van der Waals surface area contributed by atoms with E-state index in [4.69, 9.17) is 0 Å². The summed E-state index contributed by atoms with van der Waals surface area (Å²) in [6.45, 7) is 2.00. The molecule has 4 nitrogen and oxygen atoms in total. The molecule has 1 saturated carbocycles. The van der Waals surface area contributed by atoms with Crippen LogP contribution in [0.2, 0.25) is 0 Å². The predicted molar refractivity (Wildman–Crippen MR) is 78.5 cm³/mol. The Morgan fingerprint density at radius 3 is 2.85 bits per heavy atom. The summed E-state index contributed by atoms with van der Waals surface area (Å²) in [6, 6.07) is 3.62. The number of aromatic nitrogens is 1. The number of hydrogen-bond acceptors (Lipinski definition) is 3. The molecule has 110 valence electrons. The van der Waals surface area contributed by atoms with E-state index in [1.54, 1.807) is 18.3 Å². The van der Waals surface area contributed by atoms with E-state index in [1.807, 2.05) is 6.92 Å². The first-order valence-electron chi connectivity index (χ1n) is 7.55. The zero-order valence-electron chi connectivity index (χ0n) is 12.1. The summed E-state index contributed by atoms with van der Waals surface area (Å²) >= 11 is 0. The molecule has 1 heterocycles. The van der Waals surface area contributed by atoms with Gasteiger partial charge in [-0.25, -0.2) is 0 Å². The lowest BCUT2D eigenvalue weighted by Gasteiger charge is -2.30. The van der Waals surface area contributed by atoms with E-state index >= 15 is 0 Å². The molecule has 0 aliphatic heterocycles. The monoisotopic (exact) mass is 276 g/mol. The standard InChI is InChI=1S/C16H24N2O2/c1-12-11-14(7-9-17-12)16(20)18-15(8-10-19)13-5-3-2-4-6-13/h7,9,11,13,15,19H,2-6,8,10H2,1H3,(H,18,20). The van der Waals surface area contributed by atoms with Crippen molar-refractivity contribution in [2.75, 3.05) is 6.61 Å². The van der Waals surface area contributed by atoms with Crippen molar-refractivity contribution in [3.8, 4) is 0 Å². The van der Waals surface area contributed by atoms with E-state index in [1.165, 1.54) is 19.3 Å². The second-order valence-corrected chi connectivity index (χ2v) is 5.68. The molecule has 1 fully saturated rings. The highest BCUT2D eigenvalue weighted by Gasteiger charge is 2.25. The first-order chi connectivity index (χ1) is 9.70. The van der Waals surface area contributed by atoms with Gasteiger partial charge in [0.1, 0.15) is 0 Å². The van der Waals surface area contributed by atoms with Gasteiger partial charge in [-0.05, 0) is 44.2 Å². The molecule has 4 heteroatoms. The average Bonchev–Trinajstić information content (AvgIpc) is 2.47. The maximum absolute atomic E-state index is 12.3. The van der Waals surface area contributed by atoms with E-state index in [0.29, 0.717) is 17.9 Å². The molecule has 1 aromatic heterocycles. The molecular formula is C16H24N2O2. The van der Waals surface area contributed by atoms with E-state index in [0.717, 1.165) is 18.5 Å². The fourth-order valence-electron chi connectivity index (χ4n) is 3.04. The van der Waals surface area contributed by atoms with Gasteiger partial charge in [-0.2, -0.15) is 0 Å². The molecule has 1 aliphatic rings. The summed E-state index contributed by atoms with van der Waals surface area (Å²) in [5, 5.41) is 12.3.